The van der Waals surface area contributed by atoms with Crippen LogP contribution in [0.3, 0.4) is 0 Å². The van der Waals surface area contributed by atoms with Crippen molar-refractivity contribution >= 4 is 10.8 Å². The van der Waals surface area contributed by atoms with Gasteiger partial charge < -0.3 is 0 Å². The predicted molar refractivity (Wildman–Crippen MR) is 76.1 cm³/mol. The van der Waals surface area contributed by atoms with E-state index in [9.17, 15) is 0 Å². The molecule has 0 unspecified atom stereocenters. The summed E-state index contributed by atoms with van der Waals surface area (Å²) in [6.07, 6.45) is 0. The van der Waals surface area contributed by atoms with E-state index in [1.807, 2.05) is 0 Å². The van der Waals surface area contributed by atoms with Crippen LogP contribution in [0, 0.1) is 0 Å². The molecule has 0 N–H and O–H groups in total. The van der Waals surface area contributed by atoms with Crippen LogP contribution in [0.4, 0.5) is 0 Å². The Hall–Kier alpha value is -2.08. The van der Waals surface area contributed by atoms with E-state index in [1.54, 1.807) is 0 Å². The van der Waals surface area contributed by atoms with Gasteiger partial charge in [-0.2, -0.15) is 0 Å². The van der Waals surface area contributed by atoms with Crippen LogP contribution in [-0.4, -0.2) is 0 Å². The fraction of sp³-hybridized carbons (Fsp3) is 0.0588. The average molecular weight is 220 g/mol. The van der Waals surface area contributed by atoms with Gasteiger partial charge in [0.1, 0.15) is 0 Å². The summed E-state index contributed by atoms with van der Waals surface area (Å²) in [5.74, 6) is 0. The summed E-state index contributed by atoms with van der Waals surface area (Å²) in [4.78, 5) is 0. The van der Waals surface area contributed by atoms with E-state index in [2.05, 4.69) is 72.8 Å². The third kappa shape index (κ3) is 2.07. The lowest BCUT2D eigenvalue weighted by molar-refractivity contribution is 1.65. The van der Waals surface area contributed by atoms with Gasteiger partial charge >= 0.3 is 0 Å². The third-order valence-electron chi connectivity index (χ3n) is 2.87. The molecule has 0 bridgehead atoms. The van der Waals surface area contributed by atoms with Crippen LogP contribution in [0.1, 0.15) is 7.43 Å². The minimum Gasteiger partial charge on any atom is -0.0776 e. The molecule has 17 heavy (non-hydrogen) atoms. The van der Waals surface area contributed by atoms with E-state index in [0.29, 0.717) is 0 Å². The molecule has 0 radical (unpaired) electrons. The molecule has 0 aliphatic heterocycles. The summed E-state index contributed by atoms with van der Waals surface area (Å²) in [6, 6.07) is 25.5. The van der Waals surface area contributed by atoms with E-state index < -0.39 is 0 Å². The molecule has 0 nitrogen and oxygen atoms in total. The van der Waals surface area contributed by atoms with E-state index in [1.165, 1.54) is 21.9 Å². The minimum atomic E-state index is 0. The largest absolute Gasteiger partial charge is 0.0776 e. The molecule has 3 rings (SSSR count). The first-order valence-corrected chi connectivity index (χ1v) is 5.48. The highest BCUT2D eigenvalue weighted by Gasteiger charge is 2.01. The molecule has 0 spiro atoms. The summed E-state index contributed by atoms with van der Waals surface area (Å²) < 4.78 is 0. The normalized spacial score (nSPS) is 9.88. The van der Waals surface area contributed by atoms with Crippen LogP contribution in [0.2, 0.25) is 0 Å². The highest BCUT2D eigenvalue weighted by molar-refractivity contribution is 5.96. The summed E-state index contributed by atoms with van der Waals surface area (Å²) in [6.45, 7) is 0. The molecule has 0 saturated carbocycles. The van der Waals surface area contributed by atoms with Gasteiger partial charge in [0.2, 0.25) is 0 Å². The number of hydrogen-bond donors (Lipinski definition) is 0. The van der Waals surface area contributed by atoms with Crippen molar-refractivity contribution in [3.8, 4) is 11.1 Å². The van der Waals surface area contributed by atoms with Crippen molar-refractivity contribution in [3.05, 3.63) is 72.8 Å². The molecule has 0 fully saturated rings. The number of fused-ring (bicyclic) bond motifs is 1. The number of benzene rings is 3. The van der Waals surface area contributed by atoms with Crippen molar-refractivity contribution in [1.82, 2.24) is 0 Å². The van der Waals surface area contributed by atoms with E-state index >= 15 is 0 Å². The monoisotopic (exact) mass is 220 g/mol. The standard InChI is InChI=1S/C16H12.CH4/c1-2-7-13(8-3-1)16-12-6-10-14-9-4-5-11-15(14)16;/h1-12H;1H4. The topological polar surface area (TPSA) is 0 Å². The second-order valence-electron chi connectivity index (χ2n) is 3.89. The molecule has 0 amide bonds. The van der Waals surface area contributed by atoms with E-state index in [0.717, 1.165) is 0 Å². The van der Waals surface area contributed by atoms with Crippen molar-refractivity contribution in [2.24, 2.45) is 0 Å². The summed E-state index contributed by atoms with van der Waals surface area (Å²) in [5.41, 5.74) is 2.58. The zero-order valence-corrected chi connectivity index (χ0v) is 8.93. The Balaban J connectivity index is 0.00000108. The van der Waals surface area contributed by atoms with Gasteiger partial charge in [0.15, 0.2) is 0 Å². The molecule has 0 heteroatoms. The summed E-state index contributed by atoms with van der Waals surface area (Å²) >= 11 is 0. The van der Waals surface area contributed by atoms with Crippen molar-refractivity contribution < 1.29 is 0 Å². The van der Waals surface area contributed by atoms with Gasteiger partial charge in [-0.25, -0.2) is 0 Å². The molecule has 84 valence electrons. The van der Waals surface area contributed by atoms with Crippen LogP contribution < -0.4 is 0 Å². The molecule has 0 aliphatic rings. The van der Waals surface area contributed by atoms with Crippen LogP contribution in [0.25, 0.3) is 21.9 Å². The van der Waals surface area contributed by atoms with E-state index in [4.69, 9.17) is 0 Å². The average Bonchev–Trinajstić information content (AvgIpc) is 2.39. The second kappa shape index (κ2) is 4.84. The smallest absolute Gasteiger partial charge is 0.0105 e. The van der Waals surface area contributed by atoms with Gasteiger partial charge in [-0.05, 0) is 21.9 Å². The molecule has 3 aromatic carbocycles. The Morgan fingerprint density at radius 1 is 0.529 bits per heavy atom. The maximum absolute atomic E-state index is 2.18. The number of hydrogen-bond acceptors (Lipinski definition) is 0. The molecule has 0 aromatic heterocycles. The first kappa shape index (κ1) is 11.4. The van der Waals surface area contributed by atoms with Crippen molar-refractivity contribution in [2.45, 2.75) is 7.43 Å². The number of rotatable bonds is 1. The van der Waals surface area contributed by atoms with Crippen LogP contribution in [-0.2, 0) is 0 Å². The lowest BCUT2D eigenvalue weighted by atomic mass is 9.98. The minimum absolute atomic E-state index is 0. The highest BCUT2D eigenvalue weighted by atomic mass is 14.0. The Morgan fingerprint density at radius 2 is 1.18 bits per heavy atom. The Kier molecular flexibility index (Phi) is 3.24. The van der Waals surface area contributed by atoms with Gasteiger partial charge in [0, 0.05) is 0 Å². The van der Waals surface area contributed by atoms with Gasteiger partial charge in [0.25, 0.3) is 0 Å². The molecule has 0 saturated heterocycles. The molecule has 0 atom stereocenters. The van der Waals surface area contributed by atoms with Crippen molar-refractivity contribution in [2.75, 3.05) is 0 Å². The fourth-order valence-corrected chi connectivity index (χ4v) is 2.09. The van der Waals surface area contributed by atoms with Gasteiger partial charge in [-0.15, -0.1) is 0 Å². The Morgan fingerprint density at radius 3 is 2.00 bits per heavy atom. The molecular weight excluding hydrogens is 204 g/mol. The lowest BCUT2D eigenvalue weighted by Gasteiger charge is -2.06. The second-order valence-corrected chi connectivity index (χ2v) is 3.89. The van der Waals surface area contributed by atoms with Gasteiger partial charge in [-0.3, -0.25) is 0 Å². The van der Waals surface area contributed by atoms with E-state index in [-0.39, 0.29) is 7.43 Å². The molecular formula is C17H16. The zero-order valence-electron chi connectivity index (χ0n) is 8.93. The van der Waals surface area contributed by atoms with Gasteiger partial charge in [-0.1, -0.05) is 80.2 Å². The predicted octanol–water partition coefficient (Wildman–Crippen LogP) is 5.14. The Labute approximate surface area is 103 Å². The van der Waals surface area contributed by atoms with Crippen LogP contribution in [0.5, 0.6) is 0 Å². The summed E-state index contributed by atoms with van der Waals surface area (Å²) in [7, 11) is 0. The lowest BCUT2D eigenvalue weighted by Crippen LogP contribution is -1.79. The highest BCUT2D eigenvalue weighted by Crippen LogP contribution is 2.27. The van der Waals surface area contributed by atoms with Crippen molar-refractivity contribution in [3.63, 3.8) is 0 Å². The third-order valence-corrected chi connectivity index (χ3v) is 2.87. The fourth-order valence-electron chi connectivity index (χ4n) is 2.09. The quantitative estimate of drug-likeness (QED) is 0.532. The molecule has 0 heterocycles. The van der Waals surface area contributed by atoms with Gasteiger partial charge in [0.05, 0.1) is 0 Å². The first-order chi connectivity index (χ1) is 7.95. The zero-order chi connectivity index (χ0) is 10.8. The SMILES string of the molecule is C.c1ccc(-c2cccc3ccccc23)cc1. The van der Waals surface area contributed by atoms with Crippen LogP contribution in [0.15, 0.2) is 72.8 Å². The Bertz CT molecular complexity index is 604. The summed E-state index contributed by atoms with van der Waals surface area (Å²) in [5, 5.41) is 2.61. The van der Waals surface area contributed by atoms with Crippen molar-refractivity contribution in [1.29, 1.82) is 0 Å². The maximum Gasteiger partial charge on any atom is -0.0105 e. The first-order valence-electron chi connectivity index (χ1n) is 5.48. The van der Waals surface area contributed by atoms with Crippen LogP contribution >= 0.6 is 0 Å². The molecule has 0 aliphatic carbocycles. The molecule has 3 aromatic rings. The maximum atomic E-state index is 2.18.